The van der Waals surface area contributed by atoms with Gasteiger partial charge in [0, 0.05) is 17.5 Å². The van der Waals surface area contributed by atoms with Crippen molar-refractivity contribution in [1.82, 2.24) is 10.6 Å². The van der Waals surface area contributed by atoms with E-state index in [1.54, 1.807) is 19.1 Å². The molecule has 1 fully saturated rings. The first-order valence-electron chi connectivity index (χ1n) is 9.30. The first-order chi connectivity index (χ1) is 12.6. The molecule has 1 aliphatic carbocycles. The van der Waals surface area contributed by atoms with Crippen LogP contribution in [0.5, 0.6) is 0 Å². The lowest BCUT2D eigenvalue weighted by atomic mass is 9.79. The third kappa shape index (κ3) is 4.13. The van der Waals surface area contributed by atoms with E-state index in [1.807, 2.05) is 24.3 Å². The van der Waals surface area contributed by atoms with Crippen LogP contribution in [0.25, 0.3) is 0 Å². The number of carbonyl (C=O) groups is 2. The van der Waals surface area contributed by atoms with E-state index in [4.69, 9.17) is 0 Å². The molecule has 0 aromatic heterocycles. The Bertz CT molecular complexity index is 737. The Balaban J connectivity index is 1.59. The van der Waals surface area contributed by atoms with Crippen LogP contribution < -0.4 is 10.6 Å². The van der Waals surface area contributed by atoms with Crippen LogP contribution >= 0.6 is 0 Å². The van der Waals surface area contributed by atoms with Gasteiger partial charge in [0.25, 0.3) is 5.91 Å². The number of nitrogens with one attached hydrogen (secondary N) is 2. The highest BCUT2D eigenvalue weighted by Gasteiger charge is 2.36. The predicted molar refractivity (Wildman–Crippen MR) is 103 cm³/mol. The van der Waals surface area contributed by atoms with Crippen molar-refractivity contribution in [3.63, 3.8) is 0 Å². The maximum absolute atomic E-state index is 12.5. The molecule has 1 saturated carbocycles. The zero-order valence-electron chi connectivity index (χ0n) is 15.2. The minimum absolute atomic E-state index is 0.0140. The first kappa shape index (κ1) is 18.2. The Kier molecular flexibility index (Phi) is 5.71. The average Bonchev–Trinajstić information content (AvgIpc) is 3.17. The summed E-state index contributed by atoms with van der Waals surface area (Å²) in [6.45, 7) is 2.33. The van der Waals surface area contributed by atoms with Crippen molar-refractivity contribution in [2.24, 2.45) is 0 Å². The second-order valence-corrected chi connectivity index (χ2v) is 7.13. The van der Waals surface area contributed by atoms with Gasteiger partial charge in [0.05, 0.1) is 0 Å². The minimum atomic E-state index is -0.572. The van der Waals surface area contributed by atoms with Gasteiger partial charge in [-0.1, -0.05) is 61.4 Å². The van der Waals surface area contributed by atoms with Gasteiger partial charge >= 0.3 is 0 Å². The first-order valence-corrected chi connectivity index (χ1v) is 9.30. The highest BCUT2D eigenvalue weighted by atomic mass is 16.2. The Morgan fingerprint density at radius 2 is 1.54 bits per heavy atom. The van der Waals surface area contributed by atoms with Gasteiger partial charge < -0.3 is 10.6 Å². The summed E-state index contributed by atoms with van der Waals surface area (Å²) in [6, 6.07) is 18.8. The van der Waals surface area contributed by atoms with Gasteiger partial charge in [0.15, 0.2) is 0 Å². The molecule has 0 heterocycles. The van der Waals surface area contributed by atoms with Gasteiger partial charge in [-0.3, -0.25) is 9.59 Å². The summed E-state index contributed by atoms with van der Waals surface area (Å²) in [5, 5.41) is 5.84. The van der Waals surface area contributed by atoms with Gasteiger partial charge in [-0.25, -0.2) is 0 Å². The van der Waals surface area contributed by atoms with Crippen molar-refractivity contribution in [3.8, 4) is 0 Å². The molecule has 26 heavy (non-hydrogen) atoms. The summed E-state index contributed by atoms with van der Waals surface area (Å²) >= 11 is 0. The van der Waals surface area contributed by atoms with Gasteiger partial charge in [0.2, 0.25) is 5.91 Å². The molecule has 136 valence electrons. The van der Waals surface area contributed by atoms with E-state index in [1.165, 1.54) is 18.4 Å². The fourth-order valence-corrected chi connectivity index (χ4v) is 3.76. The van der Waals surface area contributed by atoms with Gasteiger partial charge in [-0.05, 0) is 37.5 Å². The molecule has 4 heteroatoms. The van der Waals surface area contributed by atoms with Crippen molar-refractivity contribution in [2.45, 2.75) is 44.1 Å². The van der Waals surface area contributed by atoms with Crippen LogP contribution in [-0.2, 0) is 10.2 Å². The SMILES string of the molecule is C[C@H](NC(=O)c1ccccc1)C(=O)NCC1(c2ccccc2)CCCC1. The number of rotatable bonds is 6. The standard InChI is InChI=1S/C22H26N2O2/c1-17(24-21(26)18-10-4-2-5-11-18)20(25)23-16-22(14-8-9-15-22)19-12-6-3-7-13-19/h2-7,10-13,17H,8-9,14-16H2,1H3,(H,23,25)(H,24,26)/t17-/m0/s1. The number of benzene rings is 2. The number of hydrogen-bond donors (Lipinski definition) is 2. The Labute approximate surface area is 155 Å². The van der Waals surface area contributed by atoms with E-state index < -0.39 is 6.04 Å². The van der Waals surface area contributed by atoms with Crippen molar-refractivity contribution < 1.29 is 9.59 Å². The lowest BCUT2D eigenvalue weighted by molar-refractivity contribution is -0.122. The monoisotopic (exact) mass is 350 g/mol. The van der Waals surface area contributed by atoms with Gasteiger partial charge in [0.1, 0.15) is 6.04 Å². The molecule has 2 aromatic rings. The summed E-state index contributed by atoms with van der Waals surface area (Å²) in [4.78, 5) is 24.7. The van der Waals surface area contributed by atoms with E-state index >= 15 is 0 Å². The molecule has 0 radical (unpaired) electrons. The van der Waals surface area contributed by atoms with Gasteiger partial charge in [-0.15, -0.1) is 0 Å². The molecular formula is C22H26N2O2. The van der Waals surface area contributed by atoms with Crippen LogP contribution in [0.3, 0.4) is 0 Å². The predicted octanol–water partition coefficient (Wildman–Crippen LogP) is 3.43. The smallest absolute Gasteiger partial charge is 0.251 e. The van der Waals surface area contributed by atoms with Crippen molar-refractivity contribution in [3.05, 3.63) is 71.8 Å². The second kappa shape index (κ2) is 8.17. The second-order valence-electron chi connectivity index (χ2n) is 7.13. The molecule has 4 nitrogen and oxygen atoms in total. The average molecular weight is 350 g/mol. The van der Waals surface area contributed by atoms with E-state index in [2.05, 4.69) is 34.9 Å². The van der Waals surface area contributed by atoms with E-state index in [9.17, 15) is 9.59 Å². The van der Waals surface area contributed by atoms with Crippen LogP contribution in [0.1, 0.15) is 48.5 Å². The largest absolute Gasteiger partial charge is 0.353 e. The number of carbonyl (C=O) groups excluding carboxylic acids is 2. The zero-order valence-corrected chi connectivity index (χ0v) is 15.2. The quantitative estimate of drug-likeness (QED) is 0.838. The highest BCUT2D eigenvalue weighted by Crippen LogP contribution is 2.40. The summed E-state index contributed by atoms with van der Waals surface area (Å²) in [7, 11) is 0. The van der Waals surface area contributed by atoms with E-state index in [0.717, 1.165) is 12.8 Å². The molecule has 2 amide bonds. The molecule has 2 N–H and O–H groups in total. The van der Waals surface area contributed by atoms with Crippen molar-refractivity contribution in [2.75, 3.05) is 6.54 Å². The number of amides is 2. The maximum Gasteiger partial charge on any atom is 0.251 e. The maximum atomic E-state index is 12.5. The van der Waals surface area contributed by atoms with Crippen LogP contribution in [0.2, 0.25) is 0 Å². The van der Waals surface area contributed by atoms with Crippen LogP contribution in [0, 0.1) is 0 Å². The fourth-order valence-electron chi connectivity index (χ4n) is 3.76. The molecule has 0 saturated heterocycles. The summed E-state index contributed by atoms with van der Waals surface area (Å²) in [5.74, 6) is -0.372. The normalized spacial score (nSPS) is 16.7. The van der Waals surface area contributed by atoms with E-state index in [-0.39, 0.29) is 17.2 Å². The molecular weight excluding hydrogens is 324 g/mol. The molecule has 1 atom stereocenters. The third-order valence-electron chi connectivity index (χ3n) is 5.32. The highest BCUT2D eigenvalue weighted by molar-refractivity contribution is 5.97. The zero-order chi connectivity index (χ0) is 18.4. The molecule has 0 unspecified atom stereocenters. The van der Waals surface area contributed by atoms with Gasteiger partial charge in [-0.2, -0.15) is 0 Å². The molecule has 1 aliphatic rings. The van der Waals surface area contributed by atoms with E-state index in [0.29, 0.717) is 12.1 Å². The Morgan fingerprint density at radius 3 is 2.15 bits per heavy atom. The lowest BCUT2D eigenvalue weighted by Crippen LogP contribution is -2.48. The topological polar surface area (TPSA) is 58.2 Å². The Hall–Kier alpha value is -2.62. The molecule has 0 aliphatic heterocycles. The molecule has 0 bridgehead atoms. The summed E-state index contributed by atoms with van der Waals surface area (Å²) in [5.41, 5.74) is 1.86. The third-order valence-corrected chi connectivity index (χ3v) is 5.32. The molecule has 2 aromatic carbocycles. The Morgan fingerprint density at radius 1 is 0.962 bits per heavy atom. The summed E-state index contributed by atoms with van der Waals surface area (Å²) in [6.07, 6.45) is 4.54. The van der Waals surface area contributed by atoms with Crippen molar-refractivity contribution >= 4 is 11.8 Å². The minimum Gasteiger partial charge on any atom is -0.353 e. The lowest BCUT2D eigenvalue weighted by Gasteiger charge is -2.30. The van der Waals surface area contributed by atoms with Crippen LogP contribution in [-0.4, -0.2) is 24.4 Å². The van der Waals surface area contributed by atoms with Crippen LogP contribution in [0.4, 0.5) is 0 Å². The fraction of sp³-hybridized carbons (Fsp3) is 0.364. The summed E-state index contributed by atoms with van der Waals surface area (Å²) < 4.78 is 0. The number of hydrogen-bond acceptors (Lipinski definition) is 2. The van der Waals surface area contributed by atoms with Crippen molar-refractivity contribution in [1.29, 1.82) is 0 Å². The molecule has 3 rings (SSSR count). The van der Waals surface area contributed by atoms with Crippen LogP contribution in [0.15, 0.2) is 60.7 Å². The molecule has 0 spiro atoms.